The normalized spacial score (nSPS) is 14.9. The molecule has 0 fully saturated rings. The van der Waals surface area contributed by atoms with Gasteiger partial charge in [-0.15, -0.1) is 11.6 Å². The van der Waals surface area contributed by atoms with Gasteiger partial charge in [0.2, 0.25) is 0 Å². The first-order chi connectivity index (χ1) is 7.24. The number of ether oxygens (including phenoxy) is 1. The fraction of sp³-hybridized carbons (Fsp3) is 0.455. The van der Waals surface area contributed by atoms with Gasteiger partial charge in [-0.25, -0.2) is 0 Å². The van der Waals surface area contributed by atoms with E-state index in [1.807, 2.05) is 30.3 Å². The molecule has 0 heterocycles. The van der Waals surface area contributed by atoms with Gasteiger partial charge in [-0.1, -0.05) is 30.3 Å². The van der Waals surface area contributed by atoms with Gasteiger partial charge in [0.25, 0.3) is 0 Å². The molecule has 0 spiro atoms. The minimum Gasteiger partial charge on any atom is -0.394 e. The van der Waals surface area contributed by atoms with Crippen LogP contribution < -0.4 is 0 Å². The second-order valence-electron chi connectivity index (χ2n) is 3.27. The van der Waals surface area contributed by atoms with Crippen molar-refractivity contribution >= 4 is 11.6 Å². The van der Waals surface area contributed by atoms with E-state index in [1.54, 1.807) is 0 Å². The molecule has 0 unspecified atom stereocenters. The first-order valence-electron chi connectivity index (χ1n) is 4.78. The Hall–Kier alpha value is -0.610. The largest absolute Gasteiger partial charge is 0.394 e. The van der Waals surface area contributed by atoms with E-state index in [0.29, 0.717) is 6.61 Å². The molecule has 0 radical (unpaired) electrons. The van der Waals surface area contributed by atoms with Gasteiger partial charge in [0.15, 0.2) is 0 Å². The topological polar surface area (TPSA) is 49.7 Å². The summed E-state index contributed by atoms with van der Waals surface area (Å²) in [4.78, 5) is 0. The van der Waals surface area contributed by atoms with Crippen LogP contribution in [0.5, 0.6) is 0 Å². The molecule has 84 valence electrons. The van der Waals surface area contributed by atoms with Crippen molar-refractivity contribution in [2.45, 2.75) is 18.1 Å². The summed E-state index contributed by atoms with van der Waals surface area (Å²) >= 11 is 5.76. The highest BCUT2D eigenvalue weighted by Crippen LogP contribution is 2.06. The summed E-state index contributed by atoms with van der Waals surface area (Å²) in [6, 6.07) is 9.69. The highest BCUT2D eigenvalue weighted by atomic mass is 35.5. The molecule has 2 atom stereocenters. The highest BCUT2D eigenvalue weighted by molar-refractivity contribution is 6.21. The quantitative estimate of drug-likeness (QED) is 0.722. The molecule has 1 aromatic carbocycles. The summed E-state index contributed by atoms with van der Waals surface area (Å²) in [7, 11) is 0. The summed E-state index contributed by atoms with van der Waals surface area (Å²) in [5.41, 5.74) is 1.06. The first kappa shape index (κ1) is 12.5. The maximum absolute atomic E-state index is 9.16. The first-order valence-corrected chi connectivity index (χ1v) is 5.22. The lowest BCUT2D eigenvalue weighted by Gasteiger charge is -2.14. The second-order valence-corrected chi connectivity index (χ2v) is 3.83. The Morgan fingerprint density at radius 2 is 1.93 bits per heavy atom. The molecular formula is C11H15ClO3. The van der Waals surface area contributed by atoms with Crippen LogP contribution in [0.25, 0.3) is 0 Å². The molecule has 0 saturated carbocycles. The number of hydrogen-bond acceptors (Lipinski definition) is 3. The molecule has 4 heteroatoms. The van der Waals surface area contributed by atoms with Crippen molar-refractivity contribution in [3.8, 4) is 0 Å². The lowest BCUT2D eigenvalue weighted by molar-refractivity contribution is 0.0474. The molecule has 0 amide bonds. The van der Waals surface area contributed by atoms with E-state index in [1.165, 1.54) is 0 Å². The van der Waals surface area contributed by atoms with E-state index < -0.39 is 11.5 Å². The Morgan fingerprint density at radius 1 is 1.27 bits per heavy atom. The molecule has 0 aromatic heterocycles. The number of benzene rings is 1. The Morgan fingerprint density at radius 3 is 2.53 bits per heavy atom. The van der Waals surface area contributed by atoms with Crippen molar-refractivity contribution in [3.05, 3.63) is 35.9 Å². The monoisotopic (exact) mass is 230 g/mol. The van der Waals surface area contributed by atoms with Crippen molar-refractivity contribution < 1.29 is 14.9 Å². The van der Waals surface area contributed by atoms with Crippen LogP contribution >= 0.6 is 11.6 Å². The standard InChI is InChI=1S/C11H15ClO3/c12-10(11(14)6-13)8-15-7-9-4-2-1-3-5-9/h1-5,10-11,13-14H,6-8H2/t10-,11+/m0/s1. The molecule has 0 aliphatic carbocycles. The minimum atomic E-state index is -0.928. The highest BCUT2D eigenvalue weighted by Gasteiger charge is 2.15. The number of rotatable bonds is 6. The van der Waals surface area contributed by atoms with E-state index in [4.69, 9.17) is 26.6 Å². The number of halogens is 1. The Bertz CT molecular complexity index is 266. The van der Waals surface area contributed by atoms with Crippen LogP contribution in [0.2, 0.25) is 0 Å². The van der Waals surface area contributed by atoms with Crippen molar-refractivity contribution in [1.82, 2.24) is 0 Å². The third kappa shape index (κ3) is 4.62. The van der Waals surface area contributed by atoms with Crippen molar-refractivity contribution in [1.29, 1.82) is 0 Å². The summed E-state index contributed by atoms with van der Waals surface area (Å²) in [6.45, 7) is 0.337. The van der Waals surface area contributed by atoms with Crippen LogP contribution in [-0.4, -0.2) is 34.9 Å². The molecule has 0 saturated heterocycles. The van der Waals surface area contributed by atoms with Crippen molar-refractivity contribution in [2.24, 2.45) is 0 Å². The average Bonchev–Trinajstić information content (AvgIpc) is 2.29. The summed E-state index contributed by atoms with van der Waals surface area (Å²) in [5.74, 6) is 0. The fourth-order valence-electron chi connectivity index (χ4n) is 1.09. The van der Waals surface area contributed by atoms with E-state index >= 15 is 0 Å². The number of aliphatic hydroxyl groups is 2. The Kier molecular flexibility index (Phi) is 5.65. The van der Waals surface area contributed by atoms with Gasteiger partial charge in [0.1, 0.15) is 0 Å². The average molecular weight is 231 g/mol. The molecule has 0 aliphatic rings. The van der Waals surface area contributed by atoms with Crippen LogP contribution in [0.3, 0.4) is 0 Å². The number of hydrogen-bond donors (Lipinski definition) is 2. The van der Waals surface area contributed by atoms with E-state index in [-0.39, 0.29) is 13.2 Å². The van der Waals surface area contributed by atoms with Crippen LogP contribution in [-0.2, 0) is 11.3 Å². The predicted molar refractivity (Wildman–Crippen MR) is 58.8 cm³/mol. The van der Waals surface area contributed by atoms with Gasteiger partial charge in [-0.2, -0.15) is 0 Å². The van der Waals surface area contributed by atoms with Gasteiger partial charge >= 0.3 is 0 Å². The molecule has 3 nitrogen and oxygen atoms in total. The number of alkyl halides is 1. The van der Waals surface area contributed by atoms with Crippen LogP contribution in [0.1, 0.15) is 5.56 Å². The zero-order valence-corrected chi connectivity index (χ0v) is 9.10. The molecule has 15 heavy (non-hydrogen) atoms. The van der Waals surface area contributed by atoms with Gasteiger partial charge < -0.3 is 14.9 Å². The van der Waals surface area contributed by atoms with Gasteiger partial charge in [-0.3, -0.25) is 0 Å². The molecule has 1 rings (SSSR count). The maximum atomic E-state index is 9.16. The lowest BCUT2D eigenvalue weighted by atomic mass is 10.2. The fourth-order valence-corrected chi connectivity index (χ4v) is 1.26. The molecule has 0 aliphatic heterocycles. The van der Waals surface area contributed by atoms with Crippen LogP contribution in [0.15, 0.2) is 30.3 Å². The van der Waals surface area contributed by atoms with Crippen LogP contribution in [0, 0.1) is 0 Å². The van der Waals surface area contributed by atoms with E-state index in [2.05, 4.69) is 0 Å². The summed E-state index contributed by atoms with van der Waals surface area (Å²) in [6.07, 6.45) is -0.928. The third-order valence-electron chi connectivity index (χ3n) is 1.99. The summed E-state index contributed by atoms with van der Waals surface area (Å²) in [5, 5.41) is 17.2. The lowest BCUT2D eigenvalue weighted by Crippen LogP contribution is -2.28. The maximum Gasteiger partial charge on any atom is 0.0956 e. The third-order valence-corrected chi connectivity index (χ3v) is 2.41. The van der Waals surface area contributed by atoms with Crippen LogP contribution in [0.4, 0.5) is 0 Å². The SMILES string of the molecule is OC[C@@H](O)[C@@H](Cl)COCc1ccccc1. The predicted octanol–water partition coefficient (Wildman–Crippen LogP) is 1.16. The Labute approximate surface area is 94.3 Å². The number of aliphatic hydroxyl groups excluding tert-OH is 2. The Balaban J connectivity index is 2.22. The summed E-state index contributed by atoms with van der Waals surface area (Å²) < 4.78 is 5.30. The molecule has 2 N–H and O–H groups in total. The zero-order chi connectivity index (χ0) is 11.1. The van der Waals surface area contributed by atoms with E-state index in [0.717, 1.165) is 5.56 Å². The molecule has 1 aromatic rings. The minimum absolute atomic E-state index is 0.220. The van der Waals surface area contributed by atoms with Crippen molar-refractivity contribution in [3.63, 3.8) is 0 Å². The smallest absolute Gasteiger partial charge is 0.0956 e. The molecule has 0 bridgehead atoms. The van der Waals surface area contributed by atoms with Gasteiger partial charge in [0.05, 0.1) is 31.3 Å². The molecular weight excluding hydrogens is 216 g/mol. The second kappa shape index (κ2) is 6.80. The van der Waals surface area contributed by atoms with Gasteiger partial charge in [0, 0.05) is 0 Å². The zero-order valence-electron chi connectivity index (χ0n) is 8.34. The van der Waals surface area contributed by atoms with Gasteiger partial charge in [-0.05, 0) is 5.56 Å². The van der Waals surface area contributed by atoms with Crippen molar-refractivity contribution in [2.75, 3.05) is 13.2 Å². The van der Waals surface area contributed by atoms with E-state index in [9.17, 15) is 0 Å².